The molecule has 2 aromatic heterocycles. The Morgan fingerprint density at radius 1 is 0.353 bits per heavy atom. The summed E-state index contributed by atoms with van der Waals surface area (Å²) in [5.41, 5.74) is 10.9. The molecule has 0 fully saturated rings. The van der Waals surface area contributed by atoms with Gasteiger partial charge in [0.2, 0.25) is 0 Å². The topological polar surface area (TPSA) is 38.9 Å². The molecule has 0 amide bonds. The molecule has 10 rings (SSSR count). The average Bonchev–Trinajstić information content (AvgIpc) is 3.61. The fraction of sp³-hybridized carbons (Fsp3) is 0. The molecule has 10 aromatic rings. The molecular weight excluding hydrogens is 621 g/mol. The largest absolute Gasteiger partial charge is 0.455 e. The quantitative estimate of drug-likeness (QED) is 0.174. The minimum absolute atomic E-state index is 0.692. The number of benzene rings is 8. The molecule has 0 aliphatic rings. The second-order valence-corrected chi connectivity index (χ2v) is 13.0. The molecule has 0 aliphatic carbocycles. The van der Waals surface area contributed by atoms with E-state index in [0.717, 1.165) is 72.3 Å². The minimum Gasteiger partial charge on any atom is -0.455 e. The number of hydrogen-bond donors (Lipinski definition) is 0. The van der Waals surface area contributed by atoms with Crippen molar-refractivity contribution in [1.82, 2.24) is 9.97 Å². The molecule has 51 heavy (non-hydrogen) atoms. The lowest BCUT2D eigenvalue weighted by atomic mass is 9.93. The predicted octanol–water partition coefficient (Wildman–Crippen LogP) is 13.0. The van der Waals surface area contributed by atoms with Crippen molar-refractivity contribution in [2.45, 2.75) is 0 Å². The predicted molar refractivity (Wildman–Crippen MR) is 212 cm³/mol. The normalized spacial score (nSPS) is 11.5. The Labute approximate surface area is 295 Å². The van der Waals surface area contributed by atoms with Crippen molar-refractivity contribution in [1.29, 1.82) is 0 Å². The molecule has 0 unspecified atom stereocenters. The highest BCUT2D eigenvalue weighted by atomic mass is 16.3. The second kappa shape index (κ2) is 11.9. The van der Waals surface area contributed by atoms with Crippen LogP contribution in [0.3, 0.4) is 0 Å². The van der Waals surface area contributed by atoms with Gasteiger partial charge in [-0.25, -0.2) is 9.97 Å². The molecular formula is C48H30N2O. The molecule has 3 heteroatoms. The molecule has 0 bridgehead atoms. The summed E-state index contributed by atoms with van der Waals surface area (Å²) in [5.74, 6) is 0.692. The van der Waals surface area contributed by atoms with Gasteiger partial charge in [0.1, 0.15) is 11.2 Å². The summed E-state index contributed by atoms with van der Waals surface area (Å²) in [4.78, 5) is 10.2. The van der Waals surface area contributed by atoms with Gasteiger partial charge in [-0.05, 0) is 68.6 Å². The number of fused-ring (bicyclic) bond motifs is 7. The van der Waals surface area contributed by atoms with Crippen molar-refractivity contribution in [3.8, 4) is 56.2 Å². The third-order valence-corrected chi connectivity index (χ3v) is 9.86. The fourth-order valence-electron chi connectivity index (χ4n) is 7.41. The van der Waals surface area contributed by atoms with E-state index in [9.17, 15) is 0 Å². The van der Waals surface area contributed by atoms with Crippen molar-refractivity contribution in [3.63, 3.8) is 0 Å². The Morgan fingerprint density at radius 3 is 1.75 bits per heavy atom. The van der Waals surface area contributed by atoms with Crippen LogP contribution in [0.25, 0.3) is 99.6 Å². The van der Waals surface area contributed by atoms with Crippen molar-refractivity contribution >= 4 is 43.5 Å². The average molecular weight is 651 g/mol. The van der Waals surface area contributed by atoms with Gasteiger partial charge < -0.3 is 4.42 Å². The monoisotopic (exact) mass is 650 g/mol. The lowest BCUT2D eigenvalue weighted by Crippen LogP contribution is -1.96. The maximum atomic E-state index is 6.78. The fourth-order valence-corrected chi connectivity index (χ4v) is 7.41. The first-order chi connectivity index (χ1) is 25.3. The van der Waals surface area contributed by atoms with Gasteiger partial charge in [-0.1, -0.05) is 152 Å². The van der Waals surface area contributed by atoms with Crippen LogP contribution in [0.1, 0.15) is 0 Å². The molecule has 3 nitrogen and oxygen atoms in total. The second-order valence-electron chi connectivity index (χ2n) is 13.0. The van der Waals surface area contributed by atoms with E-state index < -0.39 is 0 Å². The van der Waals surface area contributed by atoms with Crippen LogP contribution in [-0.4, -0.2) is 9.97 Å². The van der Waals surface area contributed by atoms with Crippen LogP contribution in [-0.2, 0) is 0 Å². The van der Waals surface area contributed by atoms with E-state index in [-0.39, 0.29) is 0 Å². The first-order valence-electron chi connectivity index (χ1n) is 17.2. The van der Waals surface area contributed by atoms with Crippen molar-refractivity contribution in [2.24, 2.45) is 0 Å². The van der Waals surface area contributed by atoms with E-state index >= 15 is 0 Å². The van der Waals surface area contributed by atoms with Crippen LogP contribution < -0.4 is 0 Å². The number of nitrogens with zero attached hydrogens (tertiary/aromatic N) is 2. The zero-order valence-corrected chi connectivity index (χ0v) is 27.6. The smallest absolute Gasteiger partial charge is 0.160 e. The van der Waals surface area contributed by atoms with Crippen LogP contribution in [0.15, 0.2) is 186 Å². The summed E-state index contributed by atoms with van der Waals surface area (Å²) in [7, 11) is 0. The summed E-state index contributed by atoms with van der Waals surface area (Å²) in [6.07, 6.45) is 0. The Bertz CT molecular complexity index is 2840. The molecule has 0 saturated carbocycles. The van der Waals surface area contributed by atoms with Gasteiger partial charge in [0, 0.05) is 33.0 Å². The third kappa shape index (κ3) is 5.06. The zero-order chi connectivity index (χ0) is 33.7. The van der Waals surface area contributed by atoms with E-state index in [1.807, 2.05) is 36.4 Å². The van der Waals surface area contributed by atoms with E-state index in [1.54, 1.807) is 0 Å². The molecule has 0 aliphatic heterocycles. The van der Waals surface area contributed by atoms with Crippen LogP contribution in [0.2, 0.25) is 0 Å². The molecule has 0 spiro atoms. The van der Waals surface area contributed by atoms with E-state index in [2.05, 4.69) is 146 Å². The first-order valence-corrected chi connectivity index (χ1v) is 17.2. The molecule has 0 saturated heterocycles. The lowest BCUT2D eigenvalue weighted by Gasteiger charge is -2.13. The Kier molecular flexibility index (Phi) is 6.81. The SMILES string of the molecule is c1ccc(-c2cc(-c3cc(-c4ccccc4)nc(-c4ccccc4)n3)cc(-c3cccc4c3oc3ccc5c6ccccc6ccc5c34)c2)cc1. The molecule has 0 N–H and O–H groups in total. The highest BCUT2D eigenvalue weighted by molar-refractivity contribution is 6.24. The maximum absolute atomic E-state index is 6.78. The minimum atomic E-state index is 0.692. The van der Waals surface area contributed by atoms with Crippen molar-refractivity contribution in [3.05, 3.63) is 182 Å². The highest BCUT2D eigenvalue weighted by Gasteiger charge is 2.18. The number of rotatable bonds is 5. The summed E-state index contributed by atoms with van der Waals surface area (Å²) >= 11 is 0. The van der Waals surface area contributed by atoms with Crippen LogP contribution in [0.5, 0.6) is 0 Å². The highest BCUT2D eigenvalue weighted by Crippen LogP contribution is 2.42. The first kappa shape index (κ1) is 29.1. The van der Waals surface area contributed by atoms with Gasteiger partial charge in [-0.3, -0.25) is 0 Å². The number of para-hydroxylation sites is 1. The van der Waals surface area contributed by atoms with Crippen molar-refractivity contribution < 1.29 is 4.42 Å². The van der Waals surface area contributed by atoms with Crippen LogP contribution in [0.4, 0.5) is 0 Å². The van der Waals surface area contributed by atoms with Gasteiger partial charge >= 0.3 is 0 Å². The molecule has 0 radical (unpaired) electrons. The Balaban J connectivity index is 1.22. The molecule has 2 heterocycles. The summed E-state index contributed by atoms with van der Waals surface area (Å²) in [6, 6.07) is 63.8. The maximum Gasteiger partial charge on any atom is 0.160 e. The molecule has 8 aromatic carbocycles. The number of furan rings is 1. The Morgan fingerprint density at radius 2 is 0.961 bits per heavy atom. The standard InChI is InChI=1S/C48H30N2O/c1-4-13-31(14-5-1)35-27-36(29-37(28-35)44-30-43(33-16-6-2-7-17-33)49-48(50-44)34-18-8-3-9-19-34)39-21-12-22-42-46-41-24-23-32-15-10-11-20-38(32)40(41)25-26-45(46)51-47(39)42/h1-30H. The number of hydrogen-bond acceptors (Lipinski definition) is 3. The van der Waals surface area contributed by atoms with E-state index in [4.69, 9.17) is 14.4 Å². The summed E-state index contributed by atoms with van der Waals surface area (Å²) in [6.45, 7) is 0. The zero-order valence-electron chi connectivity index (χ0n) is 27.6. The number of aromatic nitrogens is 2. The van der Waals surface area contributed by atoms with Crippen LogP contribution >= 0.6 is 0 Å². The third-order valence-electron chi connectivity index (χ3n) is 9.86. The van der Waals surface area contributed by atoms with E-state index in [1.165, 1.54) is 21.5 Å². The van der Waals surface area contributed by atoms with Gasteiger partial charge in [-0.15, -0.1) is 0 Å². The van der Waals surface area contributed by atoms with Crippen LogP contribution in [0, 0.1) is 0 Å². The van der Waals surface area contributed by atoms with Gasteiger partial charge in [0.25, 0.3) is 0 Å². The molecule has 0 atom stereocenters. The summed E-state index contributed by atoms with van der Waals surface area (Å²) in [5, 5.41) is 7.16. The van der Waals surface area contributed by atoms with Gasteiger partial charge in [-0.2, -0.15) is 0 Å². The van der Waals surface area contributed by atoms with Gasteiger partial charge in [0.05, 0.1) is 11.4 Å². The Hall–Kier alpha value is -6.84. The van der Waals surface area contributed by atoms with Crippen molar-refractivity contribution in [2.75, 3.05) is 0 Å². The lowest BCUT2D eigenvalue weighted by molar-refractivity contribution is 0.670. The molecule has 238 valence electrons. The van der Waals surface area contributed by atoms with E-state index in [0.29, 0.717) is 5.82 Å². The summed E-state index contributed by atoms with van der Waals surface area (Å²) < 4.78 is 6.78. The van der Waals surface area contributed by atoms with Gasteiger partial charge in [0.15, 0.2) is 5.82 Å².